The minimum Gasteiger partial charge on any atom is -0.383 e. The zero-order valence-electron chi connectivity index (χ0n) is 20.7. The topological polar surface area (TPSA) is 81.0 Å². The summed E-state index contributed by atoms with van der Waals surface area (Å²) in [5.41, 5.74) is 1.23. The molecule has 10 heteroatoms. The fraction of sp³-hybridized carbons (Fsp3) is 0.440. The number of halogens is 1. The molecule has 0 unspecified atom stereocenters. The first-order chi connectivity index (χ1) is 16.5. The Morgan fingerprint density at radius 3 is 2.29 bits per heavy atom. The largest absolute Gasteiger partial charge is 0.383 e. The van der Waals surface area contributed by atoms with Crippen molar-refractivity contribution in [3.63, 3.8) is 0 Å². The van der Waals surface area contributed by atoms with E-state index in [1.165, 1.54) is 39.9 Å². The summed E-state index contributed by atoms with van der Waals surface area (Å²) >= 11 is 7.51. The number of hydrogen-bond donors (Lipinski definition) is 0. The van der Waals surface area contributed by atoms with Gasteiger partial charge in [0, 0.05) is 37.3 Å². The van der Waals surface area contributed by atoms with Crippen molar-refractivity contribution < 1.29 is 17.9 Å². The number of nitrogens with zero attached hydrogens (tertiary/aromatic N) is 3. The van der Waals surface area contributed by atoms with Crippen LogP contribution in [0, 0.1) is 11.8 Å². The lowest BCUT2D eigenvalue weighted by atomic mass is 10.2. The number of ether oxygens (including phenoxy) is 1. The average Bonchev–Trinajstić information content (AvgIpc) is 3.12. The van der Waals surface area contributed by atoms with Crippen molar-refractivity contribution in [3.05, 3.63) is 57.9 Å². The molecule has 2 aromatic carbocycles. The lowest BCUT2D eigenvalue weighted by Gasteiger charge is -2.25. The summed E-state index contributed by atoms with van der Waals surface area (Å²) in [5, 5.41) is 0.608. The number of rotatable bonds is 10. The molecule has 0 N–H and O–H groups in total. The molecule has 0 spiro atoms. The molecule has 0 aliphatic carbocycles. The van der Waals surface area contributed by atoms with Crippen LogP contribution in [0.2, 0.25) is 5.02 Å². The van der Waals surface area contributed by atoms with E-state index in [0.717, 1.165) is 10.2 Å². The minimum absolute atomic E-state index is 0.169. The second-order valence-electron chi connectivity index (χ2n) is 9.19. The predicted molar refractivity (Wildman–Crippen MR) is 141 cm³/mol. The van der Waals surface area contributed by atoms with Crippen LogP contribution in [-0.2, 0) is 21.3 Å². The molecule has 0 aliphatic rings. The van der Waals surface area contributed by atoms with Gasteiger partial charge in [-0.15, -0.1) is 0 Å². The minimum atomic E-state index is -3.67. The van der Waals surface area contributed by atoms with Crippen molar-refractivity contribution in [1.82, 2.24) is 8.87 Å². The molecule has 7 nitrogen and oxygen atoms in total. The Hall–Kier alpha value is -2.04. The SMILES string of the molecule is COCCn1c(=NC(=O)c2ccc(S(=O)(=O)N(CC(C)C)CC(C)C)cc2)sc2cc(Cl)ccc21. The van der Waals surface area contributed by atoms with Crippen LogP contribution in [0.25, 0.3) is 10.2 Å². The fourth-order valence-corrected chi connectivity index (χ4v) is 6.78. The number of aromatic nitrogens is 1. The maximum atomic E-state index is 13.2. The predicted octanol–water partition coefficient (Wildman–Crippen LogP) is 5.05. The number of sulfonamides is 1. The standard InChI is InChI=1S/C25H32ClN3O4S2/c1-17(2)15-28(16-18(3)4)35(31,32)21-9-6-19(7-10-21)24(30)27-25-29(12-13-33-5)22-11-8-20(26)14-23(22)34-25/h6-11,14,17-18H,12-13,15-16H2,1-5H3. The maximum Gasteiger partial charge on any atom is 0.279 e. The summed E-state index contributed by atoms with van der Waals surface area (Å²) in [6.45, 7) is 9.84. The van der Waals surface area contributed by atoms with Gasteiger partial charge in [-0.2, -0.15) is 9.30 Å². The zero-order chi connectivity index (χ0) is 25.8. The van der Waals surface area contributed by atoms with Crippen LogP contribution in [0.5, 0.6) is 0 Å². The molecule has 3 aromatic rings. The lowest BCUT2D eigenvalue weighted by Crippen LogP contribution is -2.37. The third kappa shape index (κ3) is 6.80. The van der Waals surface area contributed by atoms with Crippen molar-refractivity contribution in [2.75, 3.05) is 26.8 Å². The van der Waals surface area contributed by atoms with E-state index in [1.807, 2.05) is 44.4 Å². The summed E-state index contributed by atoms with van der Waals surface area (Å²) in [4.78, 5) is 18.0. The first-order valence-electron chi connectivity index (χ1n) is 11.5. The normalized spacial score (nSPS) is 13.0. The summed E-state index contributed by atoms with van der Waals surface area (Å²) in [6.07, 6.45) is 0. The number of benzene rings is 2. The smallest absolute Gasteiger partial charge is 0.279 e. The van der Waals surface area contributed by atoms with Crippen LogP contribution in [-0.4, -0.2) is 50.0 Å². The van der Waals surface area contributed by atoms with Crippen molar-refractivity contribution in [1.29, 1.82) is 0 Å². The molecule has 0 radical (unpaired) electrons. The van der Waals surface area contributed by atoms with Gasteiger partial charge in [0.1, 0.15) is 0 Å². The van der Waals surface area contributed by atoms with Crippen LogP contribution in [0.1, 0.15) is 38.1 Å². The quantitative estimate of drug-likeness (QED) is 0.362. The van der Waals surface area contributed by atoms with Gasteiger partial charge in [-0.25, -0.2) is 8.42 Å². The second kappa shape index (κ2) is 11.8. The molecular formula is C25H32ClN3O4S2. The molecule has 0 fully saturated rings. The molecule has 1 heterocycles. The Kier molecular flexibility index (Phi) is 9.28. The van der Waals surface area contributed by atoms with E-state index >= 15 is 0 Å². The number of methoxy groups -OCH3 is 1. The maximum absolute atomic E-state index is 13.2. The highest BCUT2D eigenvalue weighted by Crippen LogP contribution is 2.23. The lowest BCUT2D eigenvalue weighted by molar-refractivity contribution is 0.0997. The highest BCUT2D eigenvalue weighted by Gasteiger charge is 2.26. The number of fused-ring (bicyclic) bond motifs is 1. The molecule has 190 valence electrons. The van der Waals surface area contributed by atoms with Gasteiger partial charge in [-0.1, -0.05) is 50.6 Å². The fourth-order valence-electron chi connectivity index (χ4n) is 3.69. The van der Waals surface area contributed by atoms with Crippen LogP contribution in [0.3, 0.4) is 0 Å². The molecule has 35 heavy (non-hydrogen) atoms. The summed E-state index contributed by atoms with van der Waals surface area (Å²) in [5.74, 6) is -0.0488. The molecule has 0 aliphatic heterocycles. The van der Waals surface area contributed by atoms with Gasteiger partial charge in [0.2, 0.25) is 10.0 Å². The first kappa shape index (κ1) is 27.5. The van der Waals surface area contributed by atoms with E-state index in [9.17, 15) is 13.2 Å². The molecule has 1 aromatic heterocycles. The van der Waals surface area contributed by atoms with Gasteiger partial charge in [-0.3, -0.25) is 4.79 Å². The van der Waals surface area contributed by atoms with Crippen molar-refractivity contribution >= 4 is 49.1 Å². The van der Waals surface area contributed by atoms with Gasteiger partial charge in [-0.05, 0) is 54.3 Å². The van der Waals surface area contributed by atoms with Crippen LogP contribution < -0.4 is 4.80 Å². The van der Waals surface area contributed by atoms with Gasteiger partial charge in [0.25, 0.3) is 5.91 Å². The number of thiazole rings is 1. The zero-order valence-corrected chi connectivity index (χ0v) is 23.1. The van der Waals surface area contributed by atoms with Gasteiger partial charge in [0.15, 0.2) is 4.80 Å². The summed E-state index contributed by atoms with van der Waals surface area (Å²) in [7, 11) is -2.05. The van der Waals surface area contributed by atoms with E-state index in [2.05, 4.69) is 4.99 Å². The molecule has 0 saturated carbocycles. The van der Waals surface area contributed by atoms with Crippen LogP contribution >= 0.6 is 22.9 Å². The Balaban J connectivity index is 1.94. The monoisotopic (exact) mass is 537 g/mol. The van der Waals surface area contributed by atoms with Gasteiger partial charge >= 0.3 is 0 Å². The molecule has 1 amide bonds. The molecule has 0 saturated heterocycles. The molecule has 0 bridgehead atoms. The highest BCUT2D eigenvalue weighted by atomic mass is 35.5. The van der Waals surface area contributed by atoms with Crippen molar-refractivity contribution in [2.24, 2.45) is 16.8 Å². The van der Waals surface area contributed by atoms with E-state index in [0.29, 0.717) is 41.6 Å². The Bertz CT molecular complexity index is 1330. The van der Waals surface area contributed by atoms with Crippen molar-refractivity contribution in [3.8, 4) is 0 Å². The van der Waals surface area contributed by atoms with E-state index in [-0.39, 0.29) is 16.7 Å². The Morgan fingerprint density at radius 2 is 1.71 bits per heavy atom. The highest BCUT2D eigenvalue weighted by molar-refractivity contribution is 7.89. The molecular weight excluding hydrogens is 506 g/mol. The number of carbonyl (C=O) groups excluding carboxylic acids is 1. The van der Waals surface area contributed by atoms with Crippen LogP contribution in [0.4, 0.5) is 0 Å². The first-order valence-corrected chi connectivity index (χ1v) is 14.1. The van der Waals surface area contributed by atoms with Crippen LogP contribution in [0.15, 0.2) is 52.4 Å². The summed E-state index contributed by atoms with van der Waals surface area (Å²) in [6, 6.07) is 11.5. The summed E-state index contributed by atoms with van der Waals surface area (Å²) < 4.78 is 36.1. The molecule has 0 atom stereocenters. The third-order valence-corrected chi connectivity index (χ3v) is 8.36. The van der Waals surface area contributed by atoms with E-state index < -0.39 is 15.9 Å². The average molecular weight is 538 g/mol. The van der Waals surface area contributed by atoms with E-state index in [1.54, 1.807) is 13.2 Å². The van der Waals surface area contributed by atoms with Gasteiger partial charge < -0.3 is 9.30 Å². The second-order valence-corrected chi connectivity index (χ2v) is 12.6. The number of hydrogen-bond acceptors (Lipinski definition) is 5. The Morgan fingerprint density at radius 1 is 1.09 bits per heavy atom. The Labute approximate surface area is 216 Å². The number of carbonyl (C=O) groups is 1. The van der Waals surface area contributed by atoms with Crippen molar-refractivity contribution in [2.45, 2.75) is 39.1 Å². The van der Waals surface area contributed by atoms with Gasteiger partial charge in [0.05, 0.1) is 21.7 Å². The third-order valence-electron chi connectivity index (χ3n) is 5.24. The molecule has 3 rings (SSSR count). The van der Waals surface area contributed by atoms with E-state index in [4.69, 9.17) is 16.3 Å². The number of amides is 1.